The third-order valence-corrected chi connectivity index (χ3v) is 4.73. The minimum Gasteiger partial charge on any atom is -0.480 e. The van der Waals surface area contributed by atoms with E-state index in [1.165, 1.54) is 24.0 Å². The summed E-state index contributed by atoms with van der Waals surface area (Å²) in [4.78, 5) is 0. The first-order valence-corrected chi connectivity index (χ1v) is 8.59. The van der Waals surface area contributed by atoms with E-state index < -0.39 is 0 Å². The molecule has 3 rings (SSSR count). The Hall–Kier alpha value is -1.90. The Kier molecular flexibility index (Phi) is 4.65. The molecule has 0 N–H and O–H groups in total. The van der Waals surface area contributed by atoms with Gasteiger partial charge in [0.1, 0.15) is 0 Å². The van der Waals surface area contributed by atoms with Crippen LogP contribution >= 0.6 is 0 Å². The smallest absolute Gasteiger partial charge is 0.236 e. The Balaban J connectivity index is 2.15. The molecule has 3 heteroatoms. The van der Waals surface area contributed by atoms with Gasteiger partial charge in [-0.3, -0.25) is 0 Å². The molecule has 0 aliphatic heterocycles. The number of benzene rings is 1. The maximum absolute atomic E-state index is 5.58. The van der Waals surface area contributed by atoms with E-state index in [1.54, 1.807) is 7.11 Å². The van der Waals surface area contributed by atoms with Crippen LogP contribution in [-0.4, -0.2) is 17.3 Å². The lowest BCUT2D eigenvalue weighted by molar-refractivity contribution is 0.340. The summed E-state index contributed by atoms with van der Waals surface area (Å²) >= 11 is 0. The quantitative estimate of drug-likeness (QED) is 0.808. The van der Waals surface area contributed by atoms with Crippen molar-refractivity contribution in [2.45, 2.75) is 46.0 Å². The van der Waals surface area contributed by atoms with Crippen LogP contribution in [0.3, 0.4) is 0 Å². The molecule has 0 fully saturated rings. The molecule has 2 aromatic rings. The van der Waals surface area contributed by atoms with Crippen molar-refractivity contribution in [1.82, 2.24) is 10.2 Å². The molecule has 122 valence electrons. The van der Waals surface area contributed by atoms with Gasteiger partial charge in [0.25, 0.3) is 0 Å². The van der Waals surface area contributed by atoms with E-state index in [0.29, 0.717) is 17.8 Å². The molecule has 2 unspecified atom stereocenters. The average molecular weight is 310 g/mol. The summed E-state index contributed by atoms with van der Waals surface area (Å²) < 4.78 is 5.58. The first-order valence-electron chi connectivity index (χ1n) is 8.59. The predicted molar refractivity (Wildman–Crippen MR) is 93.7 cm³/mol. The molecule has 0 saturated heterocycles. The van der Waals surface area contributed by atoms with Gasteiger partial charge in [0.2, 0.25) is 5.88 Å². The van der Waals surface area contributed by atoms with Crippen molar-refractivity contribution in [3.63, 3.8) is 0 Å². The van der Waals surface area contributed by atoms with Gasteiger partial charge < -0.3 is 4.74 Å². The standard InChI is InChI=1S/C20H26N2O/c1-13(2)10-16-11-14(3)12-17-18(16)20(23-4)22-21-19(17)15-8-6-5-7-9-15/h5-9,13-14,16H,10-12H2,1-4H3. The fourth-order valence-electron chi connectivity index (χ4n) is 3.89. The number of rotatable bonds is 4. The molecule has 1 aliphatic carbocycles. The highest BCUT2D eigenvalue weighted by molar-refractivity contribution is 5.66. The van der Waals surface area contributed by atoms with E-state index in [9.17, 15) is 0 Å². The van der Waals surface area contributed by atoms with Crippen LogP contribution in [0.4, 0.5) is 0 Å². The number of hydrogen-bond donors (Lipinski definition) is 0. The fourth-order valence-corrected chi connectivity index (χ4v) is 3.89. The maximum Gasteiger partial charge on any atom is 0.236 e. The van der Waals surface area contributed by atoms with Crippen molar-refractivity contribution in [1.29, 1.82) is 0 Å². The van der Waals surface area contributed by atoms with Crippen molar-refractivity contribution >= 4 is 0 Å². The molecule has 0 bridgehead atoms. The Morgan fingerprint density at radius 1 is 1.17 bits per heavy atom. The average Bonchev–Trinajstić information content (AvgIpc) is 2.53. The molecular formula is C20H26N2O. The number of nitrogens with zero attached hydrogens (tertiary/aromatic N) is 2. The molecule has 3 nitrogen and oxygen atoms in total. The van der Waals surface area contributed by atoms with Crippen molar-refractivity contribution < 1.29 is 4.74 Å². The lowest BCUT2D eigenvalue weighted by Crippen LogP contribution is -2.21. The van der Waals surface area contributed by atoms with Gasteiger partial charge in [0, 0.05) is 11.1 Å². The third kappa shape index (κ3) is 3.24. The van der Waals surface area contributed by atoms with Crippen LogP contribution in [0.15, 0.2) is 30.3 Å². The van der Waals surface area contributed by atoms with Crippen molar-refractivity contribution in [3.8, 4) is 17.1 Å². The highest BCUT2D eigenvalue weighted by Gasteiger charge is 2.31. The number of hydrogen-bond acceptors (Lipinski definition) is 3. The maximum atomic E-state index is 5.58. The Morgan fingerprint density at radius 3 is 2.57 bits per heavy atom. The zero-order valence-corrected chi connectivity index (χ0v) is 14.5. The van der Waals surface area contributed by atoms with E-state index in [0.717, 1.165) is 23.6 Å². The van der Waals surface area contributed by atoms with Crippen LogP contribution in [0, 0.1) is 11.8 Å². The van der Waals surface area contributed by atoms with E-state index in [1.807, 2.05) is 6.07 Å². The zero-order chi connectivity index (χ0) is 16.4. The summed E-state index contributed by atoms with van der Waals surface area (Å²) in [5, 5.41) is 8.90. The minimum atomic E-state index is 0.515. The topological polar surface area (TPSA) is 35.0 Å². The molecule has 1 aromatic carbocycles. The number of fused-ring (bicyclic) bond motifs is 1. The summed E-state index contributed by atoms with van der Waals surface area (Å²) in [6.07, 6.45) is 3.44. The highest BCUT2D eigenvalue weighted by atomic mass is 16.5. The van der Waals surface area contributed by atoms with Gasteiger partial charge in [-0.2, -0.15) is 0 Å². The third-order valence-electron chi connectivity index (χ3n) is 4.73. The van der Waals surface area contributed by atoms with Gasteiger partial charge >= 0.3 is 0 Å². The van der Waals surface area contributed by atoms with Gasteiger partial charge in [-0.15, -0.1) is 10.2 Å². The number of ether oxygens (including phenoxy) is 1. The molecule has 0 saturated carbocycles. The zero-order valence-electron chi connectivity index (χ0n) is 14.5. The van der Waals surface area contributed by atoms with Gasteiger partial charge in [0.05, 0.1) is 12.8 Å². The van der Waals surface area contributed by atoms with Crippen molar-refractivity contribution in [2.24, 2.45) is 11.8 Å². The van der Waals surface area contributed by atoms with Crippen LogP contribution in [0.25, 0.3) is 11.3 Å². The Bertz CT molecular complexity index is 667. The lowest BCUT2D eigenvalue weighted by atomic mass is 9.74. The van der Waals surface area contributed by atoms with Crippen LogP contribution in [-0.2, 0) is 6.42 Å². The molecule has 0 spiro atoms. The van der Waals surface area contributed by atoms with Crippen LogP contribution in [0.1, 0.15) is 50.7 Å². The summed E-state index contributed by atoms with van der Waals surface area (Å²) in [7, 11) is 1.71. The molecule has 23 heavy (non-hydrogen) atoms. The van der Waals surface area contributed by atoms with Crippen molar-refractivity contribution in [2.75, 3.05) is 7.11 Å². The van der Waals surface area contributed by atoms with E-state index in [2.05, 4.69) is 55.2 Å². The second kappa shape index (κ2) is 6.69. The molecule has 2 atom stereocenters. The molecule has 1 aromatic heterocycles. The second-order valence-corrected chi connectivity index (χ2v) is 7.19. The minimum absolute atomic E-state index is 0.515. The molecular weight excluding hydrogens is 284 g/mol. The molecule has 0 radical (unpaired) electrons. The summed E-state index contributed by atoms with van der Waals surface area (Å²) in [6.45, 7) is 6.92. The molecule has 1 aliphatic rings. The normalized spacial score (nSPS) is 20.4. The second-order valence-electron chi connectivity index (χ2n) is 7.19. The summed E-state index contributed by atoms with van der Waals surface area (Å²) in [5.41, 5.74) is 4.82. The molecule has 0 amide bonds. The largest absolute Gasteiger partial charge is 0.480 e. The lowest BCUT2D eigenvalue weighted by Gasteiger charge is -2.32. The molecule has 1 heterocycles. The fraction of sp³-hybridized carbons (Fsp3) is 0.500. The first kappa shape index (κ1) is 16.0. The van der Waals surface area contributed by atoms with Crippen LogP contribution < -0.4 is 4.74 Å². The highest BCUT2D eigenvalue weighted by Crippen LogP contribution is 2.44. The summed E-state index contributed by atoms with van der Waals surface area (Å²) in [6, 6.07) is 10.4. The van der Waals surface area contributed by atoms with Gasteiger partial charge in [0.15, 0.2) is 0 Å². The van der Waals surface area contributed by atoms with Gasteiger partial charge in [-0.05, 0) is 42.6 Å². The SMILES string of the molecule is COc1nnc(-c2ccccc2)c2c1C(CC(C)C)CC(C)C2. The van der Waals surface area contributed by atoms with Gasteiger partial charge in [-0.25, -0.2) is 0 Å². The Labute approximate surface area is 139 Å². The van der Waals surface area contributed by atoms with Crippen molar-refractivity contribution in [3.05, 3.63) is 41.5 Å². The number of aromatic nitrogens is 2. The van der Waals surface area contributed by atoms with Crippen LogP contribution in [0.2, 0.25) is 0 Å². The van der Waals surface area contributed by atoms with E-state index >= 15 is 0 Å². The van der Waals surface area contributed by atoms with Gasteiger partial charge in [-0.1, -0.05) is 51.1 Å². The monoisotopic (exact) mass is 310 g/mol. The summed E-state index contributed by atoms with van der Waals surface area (Å²) in [5.74, 6) is 2.57. The number of methoxy groups -OCH3 is 1. The first-order chi connectivity index (χ1) is 11.1. The Morgan fingerprint density at radius 2 is 1.91 bits per heavy atom. The van der Waals surface area contributed by atoms with E-state index in [-0.39, 0.29) is 0 Å². The van der Waals surface area contributed by atoms with E-state index in [4.69, 9.17) is 4.74 Å². The van der Waals surface area contributed by atoms with Crippen LogP contribution in [0.5, 0.6) is 5.88 Å². The predicted octanol–water partition coefficient (Wildman–Crippen LogP) is 4.86.